The van der Waals surface area contributed by atoms with E-state index in [-0.39, 0.29) is 12.2 Å². The third kappa shape index (κ3) is 2.77. The topological polar surface area (TPSA) is 76.3 Å². The molecule has 1 fully saturated rings. The van der Waals surface area contributed by atoms with Crippen molar-refractivity contribution < 1.29 is 4.74 Å². The minimum absolute atomic E-state index is 0.152. The molecule has 0 spiro atoms. The van der Waals surface area contributed by atoms with Crippen LogP contribution in [-0.4, -0.2) is 35.3 Å². The molecule has 1 aromatic heterocycles. The molecule has 1 aromatic rings. The molecular formula is C10H16ClN5O. The molecule has 0 aromatic carbocycles. The Balaban J connectivity index is 2.26. The van der Waals surface area contributed by atoms with Crippen LogP contribution in [0.4, 0.5) is 11.8 Å². The zero-order chi connectivity index (χ0) is 12.4. The minimum atomic E-state index is 0.152. The molecule has 1 saturated heterocycles. The molecule has 0 saturated carbocycles. The molecular weight excluding hydrogens is 242 g/mol. The second-order valence-corrected chi connectivity index (χ2v) is 4.58. The third-order valence-electron chi connectivity index (χ3n) is 2.57. The Morgan fingerprint density at radius 3 is 2.71 bits per heavy atom. The number of hydrogen-bond donors (Lipinski definition) is 2. The normalized spacial score (nSPS) is 24.8. The predicted octanol–water partition coefficient (Wildman–Crippen LogP) is 1.03. The van der Waals surface area contributed by atoms with E-state index in [1.807, 2.05) is 13.8 Å². The number of nitrogens with two attached hydrogens (primary N) is 1. The molecule has 2 heterocycles. The van der Waals surface area contributed by atoms with Crippen LogP contribution in [0.2, 0.25) is 5.02 Å². The highest BCUT2D eigenvalue weighted by molar-refractivity contribution is 6.32. The Hall–Kier alpha value is -1.11. The predicted molar refractivity (Wildman–Crippen MR) is 67.1 cm³/mol. The molecule has 0 aliphatic carbocycles. The van der Waals surface area contributed by atoms with Crippen molar-refractivity contribution in [1.82, 2.24) is 9.97 Å². The van der Waals surface area contributed by atoms with Gasteiger partial charge in [-0.1, -0.05) is 11.6 Å². The van der Waals surface area contributed by atoms with E-state index in [0.29, 0.717) is 16.8 Å². The van der Waals surface area contributed by atoms with Crippen molar-refractivity contribution in [2.24, 2.45) is 5.84 Å². The number of nitrogens with one attached hydrogen (secondary N) is 1. The average Bonchev–Trinajstić information content (AvgIpc) is 2.28. The summed E-state index contributed by atoms with van der Waals surface area (Å²) < 4.78 is 5.67. The highest BCUT2D eigenvalue weighted by atomic mass is 35.5. The summed E-state index contributed by atoms with van der Waals surface area (Å²) in [6.07, 6.45) is 1.85. The van der Waals surface area contributed by atoms with Gasteiger partial charge in [-0.05, 0) is 13.8 Å². The second-order valence-electron chi connectivity index (χ2n) is 4.17. The van der Waals surface area contributed by atoms with Gasteiger partial charge in [0.2, 0.25) is 5.95 Å². The lowest BCUT2D eigenvalue weighted by Gasteiger charge is -2.36. The van der Waals surface area contributed by atoms with E-state index in [9.17, 15) is 0 Å². The molecule has 2 atom stereocenters. The zero-order valence-electron chi connectivity index (χ0n) is 9.85. The molecule has 17 heavy (non-hydrogen) atoms. The molecule has 0 amide bonds. The number of aromatic nitrogens is 2. The number of nitrogen functional groups attached to an aromatic ring is 1. The average molecular weight is 258 g/mol. The first-order valence-electron chi connectivity index (χ1n) is 5.49. The summed E-state index contributed by atoms with van der Waals surface area (Å²) in [5.74, 6) is 6.34. The Labute approximate surface area is 105 Å². The van der Waals surface area contributed by atoms with Gasteiger partial charge in [0.15, 0.2) is 5.82 Å². The van der Waals surface area contributed by atoms with Gasteiger partial charge in [-0.3, -0.25) is 5.43 Å². The van der Waals surface area contributed by atoms with Gasteiger partial charge in [-0.15, -0.1) is 0 Å². The molecule has 2 rings (SSSR count). The van der Waals surface area contributed by atoms with E-state index in [1.165, 1.54) is 0 Å². The maximum atomic E-state index is 6.11. The van der Waals surface area contributed by atoms with Crippen LogP contribution in [0.1, 0.15) is 13.8 Å². The van der Waals surface area contributed by atoms with Crippen LogP contribution in [0.15, 0.2) is 6.20 Å². The maximum absolute atomic E-state index is 6.11. The number of ether oxygens (including phenoxy) is 1. The van der Waals surface area contributed by atoms with Gasteiger partial charge in [0, 0.05) is 13.1 Å². The Morgan fingerprint density at radius 1 is 1.47 bits per heavy atom. The zero-order valence-corrected chi connectivity index (χ0v) is 10.6. The number of anilines is 2. The van der Waals surface area contributed by atoms with Crippen molar-refractivity contribution in [1.29, 1.82) is 0 Å². The number of nitrogens with zero attached hydrogens (tertiary/aromatic N) is 3. The van der Waals surface area contributed by atoms with Crippen molar-refractivity contribution in [2.45, 2.75) is 26.1 Å². The van der Waals surface area contributed by atoms with Gasteiger partial charge in [0.1, 0.15) is 5.02 Å². The van der Waals surface area contributed by atoms with Crippen LogP contribution in [0, 0.1) is 0 Å². The fourth-order valence-electron chi connectivity index (χ4n) is 2.00. The van der Waals surface area contributed by atoms with Crippen LogP contribution in [0.5, 0.6) is 0 Å². The van der Waals surface area contributed by atoms with Crippen LogP contribution < -0.4 is 16.2 Å². The van der Waals surface area contributed by atoms with E-state index in [4.69, 9.17) is 22.2 Å². The van der Waals surface area contributed by atoms with Crippen LogP contribution >= 0.6 is 11.6 Å². The quantitative estimate of drug-likeness (QED) is 0.609. The molecule has 6 nitrogen and oxygen atoms in total. The van der Waals surface area contributed by atoms with Gasteiger partial charge in [0.05, 0.1) is 18.4 Å². The van der Waals surface area contributed by atoms with Crippen molar-refractivity contribution >= 4 is 23.4 Å². The fourth-order valence-corrected chi connectivity index (χ4v) is 2.21. The van der Waals surface area contributed by atoms with Gasteiger partial charge in [-0.2, -0.15) is 4.98 Å². The van der Waals surface area contributed by atoms with E-state index in [0.717, 1.165) is 13.1 Å². The molecule has 94 valence electrons. The summed E-state index contributed by atoms with van der Waals surface area (Å²) in [4.78, 5) is 10.3. The molecule has 3 N–H and O–H groups in total. The van der Waals surface area contributed by atoms with Crippen molar-refractivity contribution in [3.63, 3.8) is 0 Å². The van der Waals surface area contributed by atoms with Crippen LogP contribution in [0.3, 0.4) is 0 Å². The fraction of sp³-hybridized carbons (Fsp3) is 0.600. The SMILES string of the molecule is CC1CN(c2nc(NN)ncc2Cl)CC(C)O1. The summed E-state index contributed by atoms with van der Waals surface area (Å²) >= 11 is 6.11. The summed E-state index contributed by atoms with van der Waals surface area (Å²) in [6.45, 7) is 5.57. The standard InChI is InChI=1S/C10H16ClN5O/c1-6-4-16(5-7(2)17-6)9-8(11)3-13-10(14-9)15-12/h3,6-7H,4-5,12H2,1-2H3,(H,13,14,15). The second kappa shape index (κ2) is 5.03. The van der Waals surface area contributed by atoms with E-state index in [1.54, 1.807) is 6.20 Å². The van der Waals surface area contributed by atoms with Crippen molar-refractivity contribution in [2.75, 3.05) is 23.4 Å². The van der Waals surface area contributed by atoms with Gasteiger partial charge < -0.3 is 9.64 Å². The maximum Gasteiger partial charge on any atom is 0.239 e. The molecule has 0 radical (unpaired) electrons. The molecule has 7 heteroatoms. The van der Waals surface area contributed by atoms with Gasteiger partial charge >= 0.3 is 0 Å². The van der Waals surface area contributed by atoms with Gasteiger partial charge in [-0.25, -0.2) is 10.8 Å². The third-order valence-corrected chi connectivity index (χ3v) is 2.84. The Morgan fingerprint density at radius 2 is 2.12 bits per heavy atom. The molecule has 0 bridgehead atoms. The lowest BCUT2D eigenvalue weighted by atomic mass is 10.2. The Bertz CT molecular complexity index is 392. The summed E-state index contributed by atoms with van der Waals surface area (Å²) in [6, 6.07) is 0. The molecule has 1 aliphatic rings. The van der Waals surface area contributed by atoms with E-state index in [2.05, 4.69) is 20.3 Å². The van der Waals surface area contributed by atoms with Crippen molar-refractivity contribution in [3.05, 3.63) is 11.2 Å². The van der Waals surface area contributed by atoms with Crippen LogP contribution in [0.25, 0.3) is 0 Å². The minimum Gasteiger partial charge on any atom is -0.372 e. The highest BCUT2D eigenvalue weighted by Crippen LogP contribution is 2.26. The van der Waals surface area contributed by atoms with E-state index < -0.39 is 0 Å². The first-order valence-corrected chi connectivity index (χ1v) is 5.87. The summed E-state index contributed by atoms with van der Waals surface area (Å²) in [5, 5.41) is 0.519. The number of hydrazine groups is 1. The first-order chi connectivity index (χ1) is 8.10. The largest absolute Gasteiger partial charge is 0.372 e. The van der Waals surface area contributed by atoms with E-state index >= 15 is 0 Å². The number of halogens is 1. The first kappa shape index (κ1) is 12.3. The van der Waals surface area contributed by atoms with Gasteiger partial charge in [0.25, 0.3) is 0 Å². The lowest BCUT2D eigenvalue weighted by Crippen LogP contribution is -2.46. The number of morpholine rings is 1. The number of rotatable bonds is 2. The molecule has 2 unspecified atom stereocenters. The smallest absolute Gasteiger partial charge is 0.239 e. The highest BCUT2D eigenvalue weighted by Gasteiger charge is 2.25. The number of hydrogen-bond acceptors (Lipinski definition) is 6. The Kier molecular flexibility index (Phi) is 3.66. The van der Waals surface area contributed by atoms with Crippen LogP contribution in [-0.2, 0) is 4.74 Å². The summed E-state index contributed by atoms with van der Waals surface area (Å²) in [5.41, 5.74) is 2.42. The molecule has 1 aliphatic heterocycles. The monoisotopic (exact) mass is 257 g/mol. The van der Waals surface area contributed by atoms with Crippen molar-refractivity contribution in [3.8, 4) is 0 Å². The summed E-state index contributed by atoms with van der Waals surface area (Å²) in [7, 11) is 0. The lowest BCUT2D eigenvalue weighted by molar-refractivity contribution is -0.00545.